The molecule has 0 unspecified atom stereocenters. The first kappa shape index (κ1) is 13.2. The molecule has 2 rings (SSSR count). The summed E-state index contributed by atoms with van der Waals surface area (Å²) in [6.45, 7) is -0.0132. The molecule has 19 heavy (non-hydrogen) atoms. The van der Waals surface area contributed by atoms with E-state index < -0.39 is 5.97 Å². The van der Waals surface area contributed by atoms with Crippen molar-refractivity contribution in [1.82, 2.24) is 14.8 Å². The largest absolute Gasteiger partial charge is 0.468 e. The molecule has 2 aromatic rings. The number of nitrogens with zero attached hydrogens (tertiary/aromatic N) is 2. The van der Waals surface area contributed by atoms with E-state index in [2.05, 4.69) is 20.1 Å². The Balaban J connectivity index is 2.00. The number of hydrogen-bond donors (Lipinski definition) is 2. The number of ether oxygens (including phenoxy) is 1. The van der Waals surface area contributed by atoms with Crippen LogP contribution in [-0.2, 0) is 16.1 Å². The number of carbonyl (C=O) groups excluding carboxylic acids is 2. The van der Waals surface area contributed by atoms with Gasteiger partial charge in [-0.2, -0.15) is 5.10 Å². The van der Waals surface area contributed by atoms with Crippen molar-refractivity contribution in [2.24, 2.45) is 0 Å². The zero-order valence-corrected chi connectivity index (χ0v) is 10.8. The number of amides is 1. The van der Waals surface area contributed by atoms with Gasteiger partial charge >= 0.3 is 5.97 Å². The summed E-state index contributed by atoms with van der Waals surface area (Å²) >= 11 is 5.71. The Morgan fingerprint density at radius 3 is 3.00 bits per heavy atom. The van der Waals surface area contributed by atoms with E-state index in [4.69, 9.17) is 11.6 Å². The smallest absolute Gasteiger partial charge is 0.327 e. The number of H-pyrrole nitrogens is 1. The molecule has 2 heterocycles. The molecule has 0 aliphatic carbocycles. The van der Waals surface area contributed by atoms with E-state index in [1.54, 1.807) is 0 Å². The fraction of sp³-hybridized carbons (Fsp3) is 0.182. The molecule has 8 heteroatoms. The lowest BCUT2D eigenvalue weighted by Crippen LogP contribution is -2.13. The molecule has 0 saturated carbocycles. The fourth-order valence-electron chi connectivity index (χ4n) is 1.41. The molecule has 0 saturated heterocycles. The van der Waals surface area contributed by atoms with Gasteiger partial charge in [-0.1, -0.05) is 11.6 Å². The predicted octanol–water partition coefficient (Wildman–Crippen LogP) is 1.29. The highest BCUT2D eigenvalue weighted by Gasteiger charge is 2.10. The predicted molar refractivity (Wildman–Crippen MR) is 68.0 cm³/mol. The Morgan fingerprint density at radius 2 is 2.37 bits per heavy atom. The highest BCUT2D eigenvalue weighted by Crippen LogP contribution is 2.12. The van der Waals surface area contributed by atoms with Gasteiger partial charge in [-0.05, 0) is 6.07 Å². The lowest BCUT2D eigenvalue weighted by atomic mass is 10.4. The van der Waals surface area contributed by atoms with Crippen LogP contribution in [0.1, 0.15) is 10.5 Å². The number of aromatic amines is 1. The Morgan fingerprint density at radius 1 is 1.58 bits per heavy atom. The molecule has 0 aromatic carbocycles. The van der Waals surface area contributed by atoms with Crippen LogP contribution in [-0.4, -0.2) is 33.8 Å². The van der Waals surface area contributed by atoms with E-state index >= 15 is 0 Å². The van der Waals surface area contributed by atoms with E-state index in [9.17, 15) is 9.59 Å². The van der Waals surface area contributed by atoms with E-state index in [0.29, 0.717) is 16.4 Å². The zero-order valence-electron chi connectivity index (χ0n) is 10.0. The first-order valence-corrected chi connectivity index (χ1v) is 5.71. The SMILES string of the molecule is COC(=O)Cn1cc(NC(=O)c2cc(Cl)c[nH]2)cn1. The van der Waals surface area contributed by atoms with Gasteiger partial charge in [-0.3, -0.25) is 14.3 Å². The minimum Gasteiger partial charge on any atom is -0.468 e. The van der Waals surface area contributed by atoms with Crippen LogP contribution in [0.2, 0.25) is 5.02 Å². The molecular weight excluding hydrogens is 272 g/mol. The number of esters is 1. The molecule has 100 valence electrons. The number of methoxy groups -OCH3 is 1. The number of hydrogen-bond acceptors (Lipinski definition) is 4. The number of aromatic nitrogens is 3. The minimum atomic E-state index is -0.419. The standard InChI is InChI=1S/C11H11ClN4O3/c1-19-10(17)6-16-5-8(4-14-16)15-11(18)9-2-7(12)3-13-9/h2-5,13H,6H2,1H3,(H,15,18). The first-order chi connectivity index (χ1) is 9.08. The van der Waals surface area contributed by atoms with Crippen molar-refractivity contribution in [3.8, 4) is 0 Å². The van der Waals surface area contributed by atoms with Crippen LogP contribution in [0.15, 0.2) is 24.7 Å². The third kappa shape index (κ3) is 3.35. The maximum absolute atomic E-state index is 11.8. The normalized spacial score (nSPS) is 10.2. The molecular formula is C11H11ClN4O3. The van der Waals surface area contributed by atoms with Crippen LogP contribution >= 0.6 is 11.6 Å². The quantitative estimate of drug-likeness (QED) is 0.827. The van der Waals surface area contributed by atoms with Crippen LogP contribution in [0.25, 0.3) is 0 Å². The van der Waals surface area contributed by atoms with Crippen molar-refractivity contribution < 1.29 is 14.3 Å². The highest BCUT2D eigenvalue weighted by molar-refractivity contribution is 6.31. The summed E-state index contributed by atoms with van der Waals surface area (Å²) in [6.07, 6.45) is 4.47. The Kier molecular flexibility index (Phi) is 3.86. The van der Waals surface area contributed by atoms with E-state index in [-0.39, 0.29) is 12.5 Å². The molecule has 2 N–H and O–H groups in total. The van der Waals surface area contributed by atoms with Gasteiger partial charge in [-0.25, -0.2) is 0 Å². The monoisotopic (exact) mass is 282 g/mol. The maximum atomic E-state index is 11.8. The molecule has 0 atom stereocenters. The Hall–Kier alpha value is -2.28. The van der Waals surface area contributed by atoms with E-state index in [0.717, 1.165) is 0 Å². The van der Waals surface area contributed by atoms with Crippen LogP contribution < -0.4 is 5.32 Å². The van der Waals surface area contributed by atoms with Crippen molar-refractivity contribution in [2.45, 2.75) is 6.54 Å². The topological polar surface area (TPSA) is 89.0 Å². The van der Waals surface area contributed by atoms with Crippen molar-refractivity contribution in [2.75, 3.05) is 12.4 Å². The van der Waals surface area contributed by atoms with Crippen molar-refractivity contribution in [1.29, 1.82) is 0 Å². The Bertz CT molecular complexity index is 605. The Labute approximate surface area is 113 Å². The average Bonchev–Trinajstić information content (AvgIpc) is 2.98. The molecule has 0 aliphatic rings. The zero-order chi connectivity index (χ0) is 13.8. The van der Waals surface area contributed by atoms with Crippen LogP contribution in [0, 0.1) is 0 Å². The van der Waals surface area contributed by atoms with Crippen LogP contribution in [0.4, 0.5) is 5.69 Å². The second-order valence-electron chi connectivity index (χ2n) is 3.69. The fourth-order valence-corrected chi connectivity index (χ4v) is 1.57. The summed E-state index contributed by atoms with van der Waals surface area (Å²) in [7, 11) is 1.30. The molecule has 2 aromatic heterocycles. The lowest BCUT2D eigenvalue weighted by molar-refractivity contribution is -0.141. The third-order valence-corrected chi connectivity index (χ3v) is 2.52. The summed E-state index contributed by atoms with van der Waals surface area (Å²) in [6, 6.07) is 1.51. The number of anilines is 1. The number of nitrogens with one attached hydrogen (secondary N) is 2. The number of carbonyl (C=O) groups is 2. The molecule has 0 bridgehead atoms. The molecule has 0 fully saturated rings. The van der Waals surface area contributed by atoms with Gasteiger partial charge in [0.15, 0.2) is 0 Å². The van der Waals surface area contributed by atoms with Gasteiger partial charge in [0.05, 0.1) is 24.0 Å². The first-order valence-electron chi connectivity index (χ1n) is 5.33. The van der Waals surface area contributed by atoms with Crippen molar-refractivity contribution in [3.05, 3.63) is 35.4 Å². The van der Waals surface area contributed by atoms with E-state index in [1.165, 1.54) is 36.4 Å². The molecule has 0 aliphatic heterocycles. The van der Waals surface area contributed by atoms with E-state index in [1.807, 2.05) is 0 Å². The number of rotatable bonds is 4. The van der Waals surface area contributed by atoms with Crippen molar-refractivity contribution in [3.63, 3.8) is 0 Å². The van der Waals surface area contributed by atoms with Gasteiger partial charge in [0.1, 0.15) is 12.2 Å². The molecule has 7 nitrogen and oxygen atoms in total. The van der Waals surface area contributed by atoms with Crippen LogP contribution in [0.3, 0.4) is 0 Å². The molecule has 1 amide bonds. The summed E-state index contributed by atoms with van der Waals surface area (Å²) in [5, 5.41) is 6.99. The highest BCUT2D eigenvalue weighted by atomic mass is 35.5. The summed E-state index contributed by atoms with van der Waals surface area (Å²) in [4.78, 5) is 25.6. The lowest BCUT2D eigenvalue weighted by Gasteiger charge is -2.00. The summed E-state index contributed by atoms with van der Waals surface area (Å²) < 4.78 is 5.87. The third-order valence-electron chi connectivity index (χ3n) is 2.30. The van der Waals surface area contributed by atoms with Gasteiger partial charge in [0.25, 0.3) is 5.91 Å². The summed E-state index contributed by atoms with van der Waals surface area (Å²) in [5.74, 6) is -0.762. The van der Waals surface area contributed by atoms with Gasteiger partial charge in [0.2, 0.25) is 0 Å². The van der Waals surface area contributed by atoms with Crippen LogP contribution in [0.5, 0.6) is 0 Å². The average molecular weight is 283 g/mol. The summed E-state index contributed by atoms with van der Waals surface area (Å²) in [5.41, 5.74) is 0.811. The second-order valence-corrected chi connectivity index (χ2v) is 4.12. The van der Waals surface area contributed by atoms with Crippen molar-refractivity contribution >= 4 is 29.2 Å². The molecule has 0 spiro atoms. The molecule has 0 radical (unpaired) electrons. The van der Waals surface area contributed by atoms with Gasteiger partial charge in [0, 0.05) is 12.4 Å². The maximum Gasteiger partial charge on any atom is 0.327 e. The second kappa shape index (κ2) is 5.57. The number of halogens is 1. The van der Waals surface area contributed by atoms with Gasteiger partial charge in [-0.15, -0.1) is 0 Å². The van der Waals surface area contributed by atoms with Gasteiger partial charge < -0.3 is 15.0 Å². The minimum absolute atomic E-state index is 0.0132.